The lowest BCUT2D eigenvalue weighted by atomic mass is 9.97. The molecular formula is C12H9Br3O4. The Balaban J connectivity index is 2.00. The van der Waals surface area contributed by atoms with Gasteiger partial charge in [-0.25, -0.2) is 0 Å². The van der Waals surface area contributed by atoms with Crippen molar-refractivity contribution in [2.24, 2.45) is 0 Å². The molecule has 0 aromatic heterocycles. The SMILES string of the molecule is O=C1OCCC1(Br)C(Br)c1cc2c(cc1Br)OCO2. The summed E-state index contributed by atoms with van der Waals surface area (Å²) in [4.78, 5) is 11.7. The monoisotopic (exact) mass is 454 g/mol. The summed E-state index contributed by atoms with van der Waals surface area (Å²) in [5.74, 6) is 1.14. The molecule has 2 aliphatic rings. The number of cyclic esters (lactones) is 1. The van der Waals surface area contributed by atoms with Gasteiger partial charge < -0.3 is 14.2 Å². The average Bonchev–Trinajstić information content (AvgIpc) is 2.95. The van der Waals surface area contributed by atoms with Crippen molar-refractivity contribution in [2.45, 2.75) is 15.6 Å². The Labute approximate surface area is 135 Å². The fourth-order valence-electron chi connectivity index (χ4n) is 2.12. The minimum Gasteiger partial charge on any atom is -0.465 e. The molecular weight excluding hydrogens is 448 g/mol. The normalized spacial score (nSPS) is 26.4. The van der Waals surface area contributed by atoms with Crippen molar-refractivity contribution in [1.82, 2.24) is 0 Å². The highest BCUT2D eigenvalue weighted by Crippen LogP contribution is 2.50. The zero-order chi connectivity index (χ0) is 13.6. The van der Waals surface area contributed by atoms with E-state index in [-0.39, 0.29) is 17.6 Å². The van der Waals surface area contributed by atoms with Crippen LogP contribution in [-0.2, 0) is 9.53 Å². The minimum atomic E-state index is -0.747. The van der Waals surface area contributed by atoms with E-state index in [2.05, 4.69) is 47.8 Å². The van der Waals surface area contributed by atoms with Crippen LogP contribution in [0.5, 0.6) is 11.5 Å². The van der Waals surface area contributed by atoms with Crippen molar-refractivity contribution in [3.63, 3.8) is 0 Å². The zero-order valence-electron chi connectivity index (χ0n) is 9.62. The third-order valence-electron chi connectivity index (χ3n) is 3.21. The molecule has 0 spiro atoms. The van der Waals surface area contributed by atoms with Gasteiger partial charge in [0.25, 0.3) is 0 Å². The Hall–Kier alpha value is -0.270. The van der Waals surface area contributed by atoms with Gasteiger partial charge in [-0.15, -0.1) is 0 Å². The number of benzene rings is 1. The van der Waals surface area contributed by atoms with Gasteiger partial charge in [-0.2, -0.15) is 0 Å². The Morgan fingerprint density at radius 2 is 1.89 bits per heavy atom. The van der Waals surface area contributed by atoms with Crippen LogP contribution < -0.4 is 9.47 Å². The standard InChI is InChI=1S/C12H9Br3O4/c13-7-4-9-8(18-5-19-9)3-6(7)10(14)12(15)1-2-17-11(12)16/h3-4,10H,1-2,5H2. The van der Waals surface area contributed by atoms with Gasteiger partial charge in [0.15, 0.2) is 11.5 Å². The van der Waals surface area contributed by atoms with E-state index in [0.717, 1.165) is 10.0 Å². The highest BCUT2D eigenvalue weighted by molar-refractivity contribution is 9.12. The summed E-state index contributed by atoms with van der Waals surface area (Å²) in [5.41, 5.74) is 0.917. The molecule has 2 unspecified atom stereocenters. The maximum atomic E-state index is 11.9. The van der Waals surface area contributed by atoms with Crippen molar-refractivity contribution in [3.8, 4) is 11.5 Å². The first-order valence-corrected chi connectivity index (χ1v) is 8.12. The van der Waals surface area contributed by atoms with Gasteiger partial charge in [0, 0.05) is 10.9 Å². The second kappa shape index (κ2) is 4.93. The molecule has 0 N–H and O–H groups in total. The summed E-state index contributed by atoms with van der Waals surface area (Å²) in [6, 6.07) is 3.73. The number of rotatable bonds is 2. The number of hydrogen-bond donors (Lipinski definition) is 0. The van der Waals surface area contributed by atoms with Crippen molar-refractivity contribution in [2.75, 3.05) is 13.4 Å². The summed E-state index contributed by atoms with van der Waals surface area (Å²) in [6.45, 7) is 0.647. The third-order valence-corrected chi connectivity index (χ3v) is 6.96. The highest BCUT2D eigenvalue weighted by Gasteiger charge is 2.49. The second-order valence-electron chi connectivity index (χ2n) is 4.34. The van der Waals surface area contributed by atoms with Crippen LogP contribution >= 0.6 is 47.8 Å². The first-order chi connectivity index (χ1) is 9.02. The molecule has 19 heavy (non-hydrogen) atoms. The molecule has 7 heteroatoms. The summed E-state index contributed by atoms with van der Waals surface area (Å²) in [6.07, 6.45) is 0.614. The molecule has 2 atom stereocenters. The smallest absolute Gasteiger partial charge is 0.324 e. The van der Waals surface area contributed by atoms with E-state index in [1.54, 1.807) is 0 Å². The maximum absolute atomic E-state index is 11.9. The maximum Gasteiger partial charge on any atom is 0.324 e. The summed E-state index contributed by atoms with van der Waals surface area (Å²) >= 11 is 10.6. The van der Waals surface area contributed by atoms with E-state index in [1.165, 1.54) is 0 Å². The molecule has 2 heterocycles. The molecule has 4 nitrogen and oxygen atoms in total. The highest BCUT2D eigenvalue weighted by atomic mass is 79.9. The van der Waals surface area contributed by atoms with E-state index in [4.69, 9.17) is 14.2 Å². The fraction of sp³-hybridized carbons (Fsp3) is 0.417. The van der Waals surface area contributed by atoms with Gasteiger partial charge in [-0.3, -0.25) is 4.79 Å². The van der Waals surface area contributed by atoms with E-state index in [1.807, 2.05) is 12.1 Å². The first-order valence-electron chi connectivity index (χ1n) is 5.61. The number of carbonyl (C=O) groups excluding carboxylic acids is 1. The molecule has 2 aliphatic heterocycles. The molecule has 0 saturated carbocycles. The second-order valence-corrected chi connectivity index (χ2v) is 7.52. The van der Waals surface area contributed by atoms with E-state index >= 15 is 0 Å². The summed E-state index contributed by atoms with van der Waals surface area (Å²) in [7, 11) is 0. The lowest BCUT2D eigenvalue weighted by Crippen LogP contribution is -2.31. The molecule has 0 amide bonds. The van der Waals surface area contributed by atoms with Crippen LogP contribution in [0.3, 0.4) is 0 Å². The van der Waals surface area contributed by atoms with Crippen molar-refractivity contribution in [3.05, 3.63) is 22.2 Å². The zero-order valence-corrected chi connectivity index (χ0v) is 14.4. The number of esters is 1. The molecule has 1 fully saturated rings. The van der Waals surface area contributed by atoms with Crippen LogP contribution in [0.2, 0.25) is 0 Å². The topological polar surface area (TPSA) is 44.8 Å². The molecule has 0 aliphatic carbocycles. The van der Waals surface area contributed by atoms with Crippen molar-refractivity contribution in [1.29, 1.82) is 0 Å². The predicted octanol–water partition coefficient (Wildman–Crippen LogP) is 3.69. The fourth-order valence-corrected chi connectivity index (χ4v) is 4.29. The summed E-state index contributed by atoms with van der Waals surface area (Å²) < 4.78 is 15.9. The number of fused-ring (bicyclic) bond motifs is 1. The van der Waals surface area contributed by atoms with E-state index in [0.29, 0.717) is 24.5 Å². The van der Waals surface area contributed by atoms with Crippen LogP contribution in [0, 0.1) is 0 Å². The van der Waals surface area contributed by atoms with Crippen LogP contribution in [0.25, 0.3) is 0 Å². The van der Waals surface area contributed by atoms with Crippen molar-refractivity contribution < 1.29 is 19.0 Å². The predicted molar refractivity (Wildman–Crippen MR) is 79.2 cm³/mol. The molecule has 3 rings (SSSR count). The van der Waals surface area contributed by atoms with Gasteiger partial charge in [-0.05, 0) is 17.7 Å². The van der Waals surface area contributed by atoms with Crippen LogP contribution in [0.1, 0.15) is 16.8 Å². The largest absolute Gasteiger partial charge is 0.465 e. The number of hydrogen-bond acceptors (Lipinski definition) is 4. The Bertz CT molecular complexity index is 548. The molecule has 1 saturated heterocycles. The summed E-state index contributed by atoms with van der Waals surface area (Å²) in [5, 5.41) is 0. The lowest BCUT2D eigenvalue weighted by molar-refractivity contribution is -0.139. The van der Waals surface area contributed by atoms with E-state index in [9.17, 15) is 4.79 Å². The number of carbonyl (C=O) groups is 1. The van der Waals surface area contributed by atoms with E-state index < -0.39 is 4.32 Å². The third kappa shape index (κ3) is 2.19. The minimum absolute atomic E-state index is 0.222. The number of halogens is 3. The van der Waals surface area contributed by atoms with Gasteiger partial charge in [0.05, 0.1) is 11.4 Å². The Morgan fingerprint density at radius 1 is 1.21 bits per heavy atom. The van der Waals surface area contributed by atoms with Gasteiger partial charge >= 0.3 is 5.97 Å². The van der Waals surface area contributed by atoms with Crippen LogP contribution in [0.15, 0.2) is 16.6 Å². The molecule has 1 aromatic rings. The lowest BCUT2D eigenvalue weighted by Gasteiger charge is -2.24. The van der Waals surface area contributed by atoms with Gasteiger partial charge in [0.1, 0.15) is 4.32 Å². The quantitative estimate of drug-likeness (QED) is 0.503. The number of ether oxygens (including phenoxy) is 3. The van der Waals surface area contributed by atoms with Gasteiger partial charge in [-0.1, -0.05) is 47.8 Å². The van der Waals surface area contributed by atoms with Crippen molar-refractivity contribution >= 4 is 53.8 Å². The average molecular weight is 457 g/mol. The Kier molecular flexibility index (Phi) is 3.55. The van der Waals surface area contributed by atoms with Crippen LogP contribution in [-0.4, -0.2) is 23.7 Å². The van der Waals surface area contributed by atoms with Crippen LogP contribution in [0.4, 0.5) is 0 Å². The number of alkyl halides is 2. The Morgan fingerprint density at radius 3 is 2.53 bits per heavy atom. The first kappa shape index (κ1) is 13.7. The molecule has 0 radical (unpaired) electrons. The molecule has 1 aromatic carbocycles. The molecule has 102 valence electrons. The molecule has 0 bridgehead atoms. The van der Waals surface area contributed by atoms with Gasteiger partial charge in [0.2, 0.25) is 6.79 Å².